The SMILES string of the molecule is Cc1noc(C)c1S(=O)(=O)NC1(CBr)CCCC(C)C1. The van der Waals surface area contributed by atoms with E-state index in [4.69, 9.17) is 4.52 Å². The lowest BCUT2D eigenvalue weighted by molar-refractivity contribution is 0.241. The van der Waals surface area contributed by atoms with Gasteiger partial charge in [0.1, 0.15) is 10.6 Å². The van der Waals surface area contributed by atoms with Crippen molar-refractivity contribution in [1.29, 1.82) is 0 Å². The van der Waals surface area contributed by atoms with Crippen molar-refractivity contribution < 1.29 is 12.9 Å². The van der Waals surface area contributed by atoms with Crippen LogP contribution in [0.2, 0.25) is 0 Å². The second-order valence-electron chi connectivity index (χ2n) is 5.87. The molecule has 1 aliphatic carbocycles. The van der Waals surface area contributed by atoms with E-state index in [-0.39, 0.29) is 4.90 Å². The van der Waals surface area contributed by atoms with Gasteiger partial charge in [-0.25, -0.2) is 13.1 Å². The molecule has 1 saturated carbocycles. The highest BCUT2D eigenvalue weighted by Crippen LogP contribution is 2.35. The highest BCUT2D eigenvalue weighted by atomic mass is 79.9. The first kappa shape index (κ1) is 16.0. The lowest BCUT2D eigenvalue weighted by Gasteiger charge is -2.39. The van der Waals surface area contributed by atoms with Gasteiger partial charge < -0.3 is 4.52 Å². The Hall–Kier alpha value is -0.400. The summed E-state index contributed by atoms with van der Waals surface area (Å²) in [4.78, 5) is 0.177. The molecule has 1 N–H and O–H groups in total. The number of alkyl halides is 1. The molecule has 2 rings (SSSR count). The van der Waals surface area contributed by atoms with Crippen LogP contribution in [0.4, 0.5) is 0 Å². The molecule has 0 bridgehead atoms. The molecule has 0 aliphatic heterocycles. The number of hydrogen-bond donors (Lipinski definition) is 1. The zero-order valence-electron chi connectivity index (χ0n) is 12.1. The number of aryl methyl sites for hydroxylation is 2. The van der Waals surface area contributed by atoms with Crippen molar-refractivity contribution in [3.05, 3.63) is 11.5 Å². The molecular weight excluding hydrogens is 344 g/mol. The zero-order valence-corrected chi connectivity index (χ0v) is 14.5. The van der Waals surface area contributed by atoms with Crippen molar-refractivity contribution in [3.8, 4) is 0 Å². The Balaban J connectivity index is 2.31. The summed E-state index contributed by atoms with van der Waals surface area (Å²) in [5, 5.41) is 4.35. The summed E-state index contributed by atoms with van der Waals surface area (Å²) in [7, 11) is -3.61. The minimum atomic E-state index is -3.61. The molecule has 20 heavy (non-hydrogen) atoms. The monoisotopic (exact) mass is 364 g/mol. The van der Waals surface area contributed by atoms with Crippen LogP contribution < -0.4 is 4.72 Å². The van der Waals surface area contributed by atoms with Gasteiger partial charge in [-0.1, -0.05) is 40.9 Å². The molecule has 2 unspecified atom stereocenters. The Morgan fingerprint density at radius 3 is 2.70 bits per heavy atom. The molecule has 0 aromatic carbocycles. The molecule has 1 aromatic heterocycles. The fraction of sp³-hybridized carbons (Fsp3) is 0.769. The molecular formula is C13H21BrN2O3S. The Kier molecular flexibility index (Phi) is 4.61. The molecule has 1 heterocycles. The number of nitrogens with zero attached hydrogens (tertiary/aromatic N) is 1. The zero-order chi connectivity index (χ0) is 15.0. The van der Waals surface area contributed by atoms with Crippen LogP contribution in [-0.4, -0.2) is 24.4 Å². The lowest BCUT2D eigenvalue weighted by atomic mass is 9.78. The molecule has 5 nitrogen and oxygen atoms in total. The first-order chi connectivity index (χ1) is 9.30. The van der Waals surface area contributed by atoms with Crippen LogP contribution in [0.15, 0.2) is 9.42 Å². The molecule has 0 saturated heterocycles. The van der Waals surface area contributed by atoms with E-state index < -0.39 is 15.6 Å². The molecule has 7 heteroatoms. The quantitative estimate of drug-likeness (QED) is 0.833. The maximum atomic E-state index is 12.6. The van der Waals surface area contributed by atoms with Crippen molar-refractivity contribution in [1.82, 2.24) is 9.88 Å². The van der Waals surface area contributed by atoms with Crippen molar-refractivity contribution in [3.63, 3.8) is 0 Å². The Bertz CT molecular complexity index is 565. The minimum absolute atomic E-state index is 0.177. The van der Waals surface area contributed by atoms with E-state index in [9.17, 15) is 8.42 Å². The van der Waals surface area contributed by atoms with Gasteiger partial charge >= 0.3 is 0 Å². The molecule has 114 valence electrons. The number of hydrogen-bond acceptors (Lipinski definition) is 4. The molecule has 1 aliphatic rings. The molecule has 0 spiro atoms. The van der Waals surface area contributed by atoms with E-state index in [0.29, 0.717) is 22.7 Å². The first-order valence-electron chi connectivity index (χ1n) is 6.82. The van der Waals surface area contributed by atoms with Crippen LogP contribution in [-0.2, 0) is 10.0 Å². The third-order valence-electron chi connectivity index (χ3n) is 3.93. The van der Waals surface area contributed by atoms with E-state index in [0.717, 1.165) is 25.7 Å². The van der Waals surface area contributed by atoms with E-state index in [1.54, 1.807) is 13.8 Å². The summed E-state index contributed by atoms with van der Waals surface area (Å²) in [6.45, 7) is 5.44. The normalized spacial score (nSPS) is 27.7. The van der Waals surface area contributed by atoms with Crippen molar-refractivity contribution >= 4 is 26.0 Å². The van der Waals surface area contributed by atoms with Gasteiger partial charge in [0.15, 0.2) is 5.76 Å². The first-order valence-corrected chi connectivity index (χ1v) is 9.43. The average molecular weight is 365 g/mol. The number of aromatic nitrogens is 1. The predicted molar refractivity (Wildman–Crippen MR) is 80.5 cm³/mol. The summed E-state index contributed by atoms with van der Waals surface area (Å²) >= 11 is 3.48. The largest absolute Gasteiger partial charge is 0.360 e. The number of rotatable bonds is 4. The maximum Gasteiger partial charge on any atom is 0.246 e. The van der Waals surface area contributed by atoms with Gasteiger partial charge in [-0.2, -0.15) is 0 Å². The third kappa shape index (κ3) is 3.09. The van der Waals surface area contributed by atoms with Crippen LogP contribution in [0.3, 0.4) is 0 Å². The van der Waals surface area contributed by atoms with Gasteiger partial charge in [0, 0.05) is 10.9 Å². The third-order valence-corrected chi connectivity index (χ3v) is 6.83. The Morgan fingerprint density at radius 1 is 1.50 bits per heavy atom. The molecule has 0 amide bonds. The molecule has 0 radical (unpaired) electrons. The topological polar surface area (TPSA) is 72.2 Å². The summed E-state index contributed by atoms with van der Waals surface area (Å²) in [5.41, 5.74) is -0.00398. The number of halogens is 1. The van der Waals surface area contributed by atoms with Crippen LogP contribution in [0.5, 0.6) is 0 Å². The van der Waals surface area contributed by atoms with E-state index in [2.05, 4.69) is 32.7 Å². The minimum Gasteiger partial charge on any atom is -0.360 e. The fourth-order valence-corrected chi connectivity index (χ4v) is 5.70. The van der Waals surface area contributed by atoms with Crippen LogP contribution in [0.1, 0.15) is 44.1 Å². The average Bonchev–Trinajstić information content (AvgIpc) is 2.69. The second-order valence-corrected chi connectivity index (χ2v) is 8.05. The standard InChI is InChI=1S/C13H21BrN2O3S/c1-9-5-4-6-13(7-9,8-14)16-20(17,18)12-10(2)15-19-11(12)3/h9,16H,4-8H2,1-3H3. The highest BCUT2D eigenvalue weighted by molar-refractivity contribution is 9.09. The van der Waals surface area contributed by atoms with Crippen molar-refractivity contribution in [2.24, 2.45) is 5.92 Å². The fourth-order valence-electron chi connectivity index (χ4n) is 3.10. The summed E-state index contributed by atoms with van der Waals surface area (Å²) in [6.07, 6.45) is 3.89. The van der Waals surface area contributed by atoms with E-state index in [1.807, 2.05) is 0 Å². The second kappa shape index (κ2) is 5.77. The van der Waals surface area contributed by atoms with Crippen molar-refractivity contribution in [2.45, 2.75) is 56.9 Å². The van der Waals surface area contributed by atoms with E-state index >= 15 is 0 Å². The van der Waals surface area contributed by atoms with Gasteiger partial charge in [-0.3, -0.25) is 0 Å². The number of nitrogens with one attached hydrogen (secondary N) is 1. The summed E-state index contributed by atoms with van der Waals surface area (Å²) in [5.74, 6) is 0.859. The van der Waals surface area contributed by atoms with Crippen LogP contribution >= 0.6 is 15.9 Å². The van der Waals surface area contributed by atoms with Gasteiger partial charge in [0.2, 0.25) is 10.0 Å². The molecule has 2 atom stereocenters. The molecule has 1 fully saturated rings. The Labute approximate surface area is 128 Å². The highest BCUT2D eigenvalue weighted by Gasteiger charge is 2.39. The van der Waals surface area contributed by atoms with Crippen LogP contribution in [0.25, 0.3) is 0 Å². The lowest BCUT2D eigenvalue weighted by Crippen LogP contribution is -2.52. The summed E-state index contributed by atoms with van der Waals surface area (Å²) in [6, 6.07) is 0. The van der Waals surface area contributed by atoms with Crippen LogP contribution in [0, 0.1) is 19.8 Å². The maximum absolute atomic E-state index is 12.6. The van der Waals surface area contributed by atoms with Gasteiger partial charge in [0.25, 0.3) is 0 Å². The van der Waals surface area contributed by atoms with Gasteiger partial charge in [0.05, 0.1) is 0 Å². The van der Waals surface area contributed by atoms with E-state index in [1.165, 1.54) is 0 Å². The smallest absolute Gasteiger partial charge is 0.246 e. The van der Waals surface area contributed by atoms with Gasteiger partial charge in [-0.05, 0) is 32.6 Å². The van der Waals surface area contributed by atoms with Gasteiger partial charge in [-0.15, -0.1) is 0 Å². The summed E-state index contributed by atoms with van der Waals surface area (Å²) < 4.78 is 33.2. The molecule has 1 aromatic rings. The van der Waals surface area contributed by atoms with Crippen molar-refractivity contribution in [2.75, 3.05) is 5.33 Å². The predicted octanol–water partition coefficient (Wildman–Crippen LogP) is 2.91. The number of sulfonamides is 1. The Morgan fingerprint density at radius 2 is 2.20 bits per heavy atom.